The minimum Gasteiger partial charge on any atom is -0.388 e. The Morgan fingerprint density at radius 3 is 3.08 bits per heavy atom. The lowest BCUT2D eigenvalue weighted by Gasteiger charge is -2.19. The fourth-order valence-electron chi connectivity index (χ4n) is 1.14. The van der Waals surface area contributed by atoms with Crippen molar-refractivity contribution in [2.75, 3.05) is 19.7 Å². The van der Waals surface area contributed by atoms with Crippen molar-refractivity contribution in [1.82, 2.24) is 5.32 Å². The van der Waals surface area contributed by atoms with E-state index >= 15 is 0 Å². The molecule has 0 radical (unpaired) electrons. The Balaban J connectivity index is 2.30. The molecule has 1 aliphatic heterocycles. The third-order valence-corrected chi connectivity index (χ3v) is 1.74. The predicted octanol–water partition coefficient (Wildman–Crippen LogP) is 0.302. The summed E-state index contributed by atoms with van der Waals surface area (Å²) >= 11 is 0. The number of ether oxygens (including phenoxy) is 1. The molecule has 0 aromatic carbocycles. The average molecular weight is 171 g/mol. The molecule has 0 amide bonds. The van der Waals surface area contributed by atoms with Gasteiger partial charge in [0.2, 0.25) is 0 Å². The first-order valence-electron chi connectivity index (χ1n) is 4.38. The summed E-state index contributed by atoms with van der Waals surface area (Å²) in [4.78, 5) is 0. The quantitative estimate of drug-likeness (QED) is 0.600. The highest BCUT2D eigenvalue weighted by molar-refractivity contribution is 5.11. The maximum Gasteiger partial charge on any atom is 0.0849 e. The van der Waals surface area contributed by atoms with Crippen LogP contribution in [0.5, 0.6) is 0 Å². The smallest absolute Gasteiger partial charge is 0.0849 e. The first-order valence-corrected chi connectivity index (χ1v) is 4.38. The van der Waals surface area contributed by atoms with Gasteiger partial charge in [0.15, 0.2) is 0 Å². The Morgan fingerprint density at radius 2 is 2.50 bits per heavy atom. The van der Waals surface area contributed by atoms with Crippen molar-refractivity contribution in [3.63, 3.8) is 0 Å². The number of nitrogens with one attached hydrogen (secondary N) is 1. The average Bonchev–Trinajstić information content (AvgIpc) is 2.01. The molecule has 2 N–H and O–H groups in total. The van der Waals surface area contributed by atoms with Gasteiger partial charge >= 0.3 is 0 Å². The zero-order valence-electron chi connectivity index (χ0n) is 7.71. The van der Waals surface area contributed by atoms with Crippen LogP contribution in [-0.4, -0.2) is 37.0 Å². The normalized spacial score (nSPS) is 24.3. The Labute approximate surface area is 73.4 Å². The number of hydrogen-bond acceptors (Lipinski definition) is 3. The third kappa shape index (κ3) is 3.34. The van der Waals surface area contributed by atoms with E-state index in [9.17, 15) is 5.11 Å². The van der Waals surface area contributed by atoms with E-state index in [1.165, 1.54) is 0 Å². The fourth-order valence-corrected chi connectivity index (χ4v) is 1.14. The summed E-state index contributed by atoms with van der Waals surface area (Å²) in [6, 6.07) is 0. The minimum atomic E-state index is -0.343. The predicted molar refractivity (Wildman–Crippen MR) is 48.0 cm³/mol. The molecule has 0 saturated heterocycles. The minimum absolute atomic E-state index is 0.255. The SMILES string of the molecule is CC(C)OCC1=CC(O)CNC1. The largest absolute Gasteiger partial charge is 0.388 e. The molecule has 0 aliphatic carbocycles. The van der Waals surface area contributed by atoms with Gasteiger partial charge in [0.05, 0.1) is 18.8 Å². The van der Waals surface area contributed by atoms with Crippen LogP contribution in [0, 0.1) is 0 Å². The van der Waals surface area contributed by atoms with Gasteiger partial charge in [-0.1, -0.05) is 6.08 Å². The van der Waals surface area contributed by atoms with Crippen molar-refractivity contribution >= 4 is 0 Å². The molecule has 0 bridgehead atoms. The Kier molecular flexibility index (Phi) is 3.72. The highest BCUT2D eigenvalue weighted by atomic mass is 16.5. The first-order chi connectivity index (χ1) is 5.68. The van der Waals surface area contributed by atoms with E-state index in [-0.39, 0.29) is 12.2 Å². The molecule has 0 saturated carbocycles. The fraction of sp³-hybridized carbons (Fsp3) is 0.778. The van der Waals surface area contributed by atoms with Gasteiger partial charge in [-0.15, -0.1) is 0 Å². The molecule has 1 aliphatic rings. The number of aliphatic hydroxyl groups is 1. The van der Waals surface area contributed by atoms with Crippen molar-refractivity contribution < 1.29 is 9.84 Å². The van der Waals surface area contributed by atoms with Crippen molar-refractivity contribution in [3.8, 4) is 0 Å². The molecule has 0 spiro atoms. The van der Waals surface area contributed by atoms with Crippen molar-refractivity contribution in [3.05, 3.63) is 11.6 Å². The summed E-state index contributed by atoms with van der Waals surface area (Å²) in [5.41, 5.74) is 1.14. The molecule has 1 heterocycles. The van der Waals surface area contributed by atoms with Gasteiger partial charge < -0.3 is 15.2 Å². The molecular formula is C9H17NO2. The molecule has 1 atom stereocenters. The second-order valence-electron chi connectivity index (χ2n) is 3.38. The van der Waals surface area contributed by atoms with Crippen LogP contribution in [0.3, 0.4) is 0 Å². The van der Waals surface area contributed by atoms with Crippen molar-refractivity contribution in [1.29, 1.82) is 0 Å². The Hall–Kier alpha value is -0.380. The van der Waals surface area contributed by atoms with Gasteiger partial charge in [-0.2, -0.15) is 0 Å². The van der Waals surface area contributed by atoms with Crippen molar-refractivity contribution in [2.45, 2.75) is 26.1 Å². The number of rotatable bonds is 3. The second-order valence-corrected chi connectivity index (χ2v) is 3.38. The monoisotopic (exact) mass is 171 g/mol. The zero-order chi connectivity index (χ0) is 8.97. The summed E-state index contributed by atoms with van der Waals surface area (Å²) in [5, 5.41) is 12.4. The lowest BCUT2D eigenvalue weighted by molar-refractivity contribution is 0.0933. The van der Waals surface area contributed by atoms with E-state index in [1.54, 1.807) is 0 Å². The molecule has 1 unspecified atom stereocenters. The lowest BCUT2D eigenvalue weighted by Crippen LogP contribution is -2.33. The standard InChI is InChI=1S/C9H17NO2/c1-7(2)12-6-8-3-9(11)5-10-4-8/h3,7,9-11H,4-6H2,1-2H3. The summed E-state index contributed by atoms with van der Waals surface area (Å²) in [5.74, 6) is 0. The molecule has 12 heavy (non-hydrogen) atoms. The maximum atomic E-state index is 9.25. The van der Waals surface area contributed by atoms with E-state index < -0.39 is 0 Å². The third-order valence-electron chi connectivity index (χ3n) is 1.74. The topological polar surface area (TPSA) is 41.5 Å². The van der Waals surface area contributed by atoms with Crippen molar-refractivity contribution in [2.24, 2.45) is 0 Å². The molecular weight excluding hydrogens is 154 g/mol. The van der Waals surface area contributed by atoms with Crippen LogP contribution in [0.25, 0.3) is 0 Å². The zero-order valence-corrected chi connectivity index (χ0v) is 7.71. The van der Waals surface area contributed by atoms with Crippen LogP contribution in [0.15, 0.2) is 11.6 Å². The lowest BCUT2D eigenvalue weighted by atomic mass is 10.1. The van der Waals surface area contributed by atoms with Gasteiger partial charge in [-0.05, 0) is 19.4 Å². The van der Waals surface area contributed by atoms with E-state index in [4.69, 9.17) is 4.74 Å². The highest BCUT2D eigenvalue weighted by Crippen LogP contribution is 2.03. The van der Waals surface area contributed by atoms with E-state index in [0.29, 0.717) is 13.2 Å². The Bertz CT molecular complexity index is 166. The molecule has 0 aromatic heterocycles. The van der Waals surface area contributed by atoms with Crippen LogP contribution in [0.1, 0.15) is 13.8 Å². The second kappa shape index (κ2) is 4.60. The van der Waals surface area contributed by atoms with Crippen LogP contribution in [0.2, 0.25) is 0 Å². The molecule has 0 fully saturated rings. The number of β-amino-alcohol motifs (C(OH)–C–C–N with tert-alkyl or cyclic N) is 1. The molecule has 0 aromatic rings. The van der Waals surface area contributed by atoms with Crippen LogP contribution < -0.4 is 5.32 Å². The van der Waals surface area contributed by atoms with Gasteiger partial charge in [0, 0.05) is 13.1 Å². The van der Waals surface area contributed by atoms with Gasteiger partial charge in [-0.3, -0.25) is 0 Å². The van der Waals surface area contributed by atoms with Gasteiger partial charge in [-0.25, -0.2) is 0 Å². The van der Waals surface area contributed by atoms with Crippen LogP contribution in [0.4, 0.5) is 0 Å². The summed E-state index contributed by atoms with van der Waals surface area (Å²) in [6.07, 6.45) is 1.79. The van der Waals surface area contributed by atoms with E-state index in [2.05, 4.69) is 5.32 Å². The van der Waals surface area contributed by atoms with Crippen LogP contribution >= 0.6 is 0 Å². The number of hydrogen-bond donors (Lipinski definition) is 2. The molecule has 3 nitrogen and oxygen atoms in total. The Morgan fingerprint density at radius 1 is 1.75 bits per heavy atom. The summed E-state index contributed by atoms with van der Waals surface area (Å²) in [6.45, 7) is 6.14. The summed E-state index contributed by atoms with van der Waals surface area (Å²) < 4.78 is 5.41. The highest BCUT2D eigenvalue weighted by Gasteiger charge is 2.09. The molecule has 70 valence electrons. The first kappa shape index (κ1) is 9.71. The molecule has 1 rings (SSSR count). The van der Waals surface area contributed by atoms with Gasteiger partial charge in [0.25, 0.3) is 0 Å². The molecule has 3 heteroatoms. The maximum absolute atomic E-state index is 9.25. The van der Waals surface area contributed by atoms with E-state index in [1.807, 2.05) is 19.9 Å². The summed E-state index contributed by atoms with van der Waals surface area (Å²) in [7, 11) is 0. The number of aliphatic hydroxyl groups excluding tert-OH is 1. The van der Waals surface area contributed by atoms with Gasteiger partial charge in [0.1, 0.15) is 0 Å². The van der Waals surface area contributed by atoms with E-state index in [0.717, 1.165) is 12.1 Å². The van der Waals surface area contributed by atoms with Crippen LogP contribution in [-0.2, 0) is 4.74 Å².